The van der Waals surface area contributed by atoms with Crippen LogP contribution in [0.25, 0.3) is 0 Å². The molecule has 0 aromatic rings. The largest absolute Gasteiger partial charge is 0.401 e. The number of hydrogen-bond donors (Lipinski definition) is 1. The lowest BCUT2D eigenvalue weighted by atomic mass is 9.94. The van der Waals surface area contributed by atoms with E-state index >= 15 is 0 Å². The summed E-state index contributed by atoms with van der Waals surface area (Å²) >= 11 is 0. The van der Waals surface area contributed by atoms with Gasteiger partial charge < -0.3 is 5.32 Å². The average molecular weight is 252 g/mol. The van der Waals surface area contributed by atoms with Gasteiger partial charge in [0.1, 0.15) is 0 Å². The number of nitrogens with one attached hydrogen (secondary N) is 1. The molecule has 0 radical (unpaired) electrons. The van der Waals surface area contributed by atoms with Crippen LogP contribution < -0.4 is 5.32 Å². The van der Waals surface area contributed by atoms with Crippen molar-refractivity contribution in [3.63, 3.8) is 0 Å². The molecule has 3 unspecified atom stereocenters. The molecule has 102 valence electrons. The number of nitrogens with zero attached hydrogens (tertiary/aromatic N) is 1. The molecule has 1 N–H and O–H groups in total. The Bertz CT molecular complexity index is 230. The average Bonchev–Trinajstić information content (AvgIpc) is 2.23. The van der Waals surface area contributed by atoms with E-state index in [1.165, 1.54) is 0 Å². The van der Waals surface area contributed by atoms with E-state index in [4.69, 9.17) is 0 Å². The highest BCUT2D eigenvalue weighted by molar-refractivity contribution is 4.84. The zero-order valence-electron chi connectivity index (χ0n) is 10.8. The highest BCUT2D eigenvalue weighted by Gasteiger charge is 2.31. The third-order valence-electron chi connectivity index (χ3n) is 3.49. The van der Waals surface area contributed by atoms with Crippen LogP contribution in [0.1, 0.15) is 33.6 Å². The van der Waals surface area contributed by atoms with Crippen LogP contribution in [0.2, 0.25) is 0 Å². The molecule has 0 amide bonds. The topological polar surface area (TPSA) is 15.3 Å². The first kappa shape index (κ1) is 14.8. The summed E-state index contributed by atoms with van der Waals surface area (Å²) in [5.74, 6) is 0.462. The first-order valence-electron chi connectivity index (χ1n) is 6.36. The van der Waals surface area contributed by atoms with E-state index in [0.717, 1.165) is 25.9 Å². The van der Waals surface area contributed by atoms with Gasteiger partial charge in [0.15, 0.2) is 0 Å². The number of halogens is 3. The Kier molecular flexibility index (Phi) is 5.25. The van der Waals surface area contributed by atoms with Gasteiger partial charge in [-0.1, -0.05) is 13.8 Å². The lowest BCUT2D eigenvalue weighted by molar-refractivity contribution is -0.127. The summed E-state index contributed by atoms with van der Waals surface area (Å²) in [6.45, 7) is 7.21. The summed E-state index contributed by atoms with van der Waals surface area (Å²) < 4.78 is 36.5. The molecule has 0 spiro atoms. The lowest BCUT2D eigenvalue weighted by Crippen LogP contribution is -2.52. The molecule has 1 rings (SSSR count). The second kappa shape index (κ2) is 6.05. The molecule has 3 atom stereocenters. The van der Waals surface area contributed by atoms with Crippen molar-refractivity contribution in [2.24, 2.45) is 5.92 Å². The maximum Gasteiger partial charge on any atom is 0.401 e. The second-order valence-electron chi connectivity index (χ2n) is 5.25. The highest BCUT2D eigenvalue weighted by atomic mass is 19.4. The van der Waals surface area contributed by atoms with Gasteiger partial charge >= 0.3 is 6.18 Å². The van der Waals surface area contributed by atoms with Crippen molar-refractivity contribution < 1.29 is 13.2 Å². The Balaban J connectivity index is 2.45. The van der Waals surface area contributed by atoms with Crippen molar-refractivity contribution >= 4 is 0 Å². The maximum absolute atomic E-state index is 12.2. The van der Waals surface area contributed by atoms with Gasteiger partial charge in [0.25, 0.3) is 0 Å². The van der Waals surface area contributed by atoms with Crippen molar-refractivity contribution in [3.05, 3.63) is 0 Å². The van der Waals surface area contributed by atoms with Crippen molar-refractivity contribution in [1.82, 2.24) is 10.2 Å². The third-order valence-corrected chi connectivity index (χ3v) is 3.49. The van der Waals surface area contributed by atoms with E-state index in [1.54, 1.807) is 0 Å². The summed E-state index contributed by atoms with van der Waals surface area (Å²) in [5, 5.41) is 2.63. The quantitative estimate of drug-likeness (QED) is 0.827. The molecule has 0 bridgehead atoms. The zero-order valence-corrected chi connectivity index (χ0v) is 10.8. The van der Waals surface area contributed by atoms with E-state index in [-0.39, 0.29) is 6.04 Å². The first-order valence-corrected chi connectivity index (χ1v) is 6.36. The fraction of sp³-hybridized carbons (Fsp3) is 1.00. The van der Waals surface area contributed by atoms with Crippen LogP contribution in [-0.2, 0) is 0 Å². The van der Waals surface area contributed by atoms with Gasteiger partial charge in [0.2, 0.25) is 0 Å². The molecule has 1 saturated heterocycles. The maximum atomic E-state index is 12.2. The predicted octanol–water partition coefficient (Wildman–Crippen LogP) is 2.65. The smallest absolute Gasteiger partial charge is 0.305 e. The van der Waals surface area contributed by atoms with E-state index in [2.05, 4.69) is 31.0 Å². The molecule has 1 aliphatic heterocycles. The van der Waals surface area contributed by atoms with E-state index in [0.29, 0.717) is 12.0 Å². The molecule has 0 aliphatic carbocycles. The van der Waals surface area contributed by atoms with Crippen LogP contribution in [-0.4, -0.2) is 42.8 Å². The van der Waals surface area contributed by atoms with Gasteiger partial charge in [-0.25, -0.2) is 0 Å². The minimum atomic E-state index is -4.11. The normalized spacial score (nSPS) is 29.3. The van der Waals surface area contributed by atoms with Crippen molar-refractivity contribution in [2.45, 2.75) is 51.9 Å². The molecule has 0 aromatic heterocycles. The summed E-state index contributed by atoms with van der Waals surface area (Å²) in [4.78, 5) is 2.29. The molecule has 17 heavy (non-hydrogen) atoms. The summed E-state index contributed by atoms with van der Waals surface area (Å²) in [6, 6.07) is 0.419. The Hall–Kier alpha value is -0.290. The molecular weight excluding hydrogens is 229 g/mol. The minimum Gasteiger partial charge on any atom is -0.305 e. The Labute approximate surface area is 102 Å². The van der Waals surface area contributed by atoms with E-state index in [1.807, 2.05) is 0 Å². The zero-order chi connectivity index (χ0) is 13.1. The number of hydrogen-bond acceptors (Lipinski definition) is 2. The molecular formula is C12H23F3N2. The van der Waals surface area contributed by atoms with E-state index in [9.17, 15) is 13.2 Å². The fourth-order valence-corrected chi connectivity index (χ4v) is 2.42. The molecule has 0 aromatic carbocycles. The van der Waals surface area contributed by atoms with Crippen LogP contribution in [0.15, 0.2) is 0 Å². The van der Waals surface area contributed by atoms with Crippen LogP contribution in [0.3, 0.4) is 0 Å². The Morgan fingerprint density at radius 1 is 1.35 bits per heavy atom. The third kappa shape index (κ3) is 5.25. The number of piperidine rings is 1. The van der Waals surface area contributed by atoms with Gasteiger partial charge in [-0.3, -0.25) is 4.90 Å². The van der Waals surface area contributed by atoms with Crippen LogP contribution >= 0.6 is 0 Å². The standard InChI is InChI=1S/C12H23F3N2/c1-4-10(3)17-6-9(2)5-11(7-17)16-8-12(13,14)15/h9-11,16H,4-8H2,1-3H3. The molecule has 2 nitrogen and oxygen atoms in total. The van der Waals surface area contributed by atoms with Gasteiger partial charge in [0, 0.05) is 25.2 Å². The Morgan fingerprint density at radius 3 is 2.53 bits per heavy atom. The van der Waals surface area contributed by atoms with Crippen LogP contribution in [0.5, 0.6) is 0 Å². The highest BCUT2D eigenvalue weighted by Crippen LogP contribution is 2.21. The molecule has 1 fully saturated rings. The number of alkyl halides is 3. The second-order valence-corrected chi connectivity index (χ2v) is 5.25. The molecule has 5 heteroatoms. The summed E-state index contributed by atoms with van der Waals surface area (Å²) in [7, 11) is 0. The summed E-state index contributed by atoms with van der Waals surface area (Å²) in [6.07, 6.45) is -2.23. The number of likely N-dealkylation sites (tertiary alicyclic amines) is 1. The molecule has 1 heterocycles. The lowest BCUT2D eigenvalue weighted by Gasteiger charge is -2.40. The van der Waals surface area contributed by atoms with Crippen molar-refractivity contribution in [1.29, 1.82) is 0 Å². The van der Waals surface area contributed by atoms with Gasteiger partial charge in [0.05, 0.1) is 6.54 Å². The fourth-order valence-electron chi connectivity index (χ4n) is 2.42. The van der Waals surface area contributed by atoms with E-state index < -0.39 is 12.7 Å². The van der Waals surface area contributed by atoms with Gasteiger partial charge in [-0.05, 0) is 25.7 Å². The summed E-state index contributed by atoms with van der Waals surface area (Å²) in [5.41, 5.74) is 0. The van der Waals surface area contributed by atoms with Crippen molar-refractivity contribution in [2.75, 3.05) is 19.6 Å². The van der Waals surface area contributed by atoms with Gasteiger partial charge in [-0.15, -0.1) is 0 Å². The van der Waals surface area contributed by atoms with Crippen LogP contribution in [0.4, 0.5) is 13.2 Å². The van der Waals surface area contributed by atoms with Crippen LogP contribution in [0, 0.1) is 5.92 Å². The predicted molar refractivity (Wildman–Crippen MR) is 63.0 cm³/mol. The monoisotopic (exact) mass is 252 g/mol. The number of rotatable bonds is 4. The Morgan fingerprint density at radius 2 is 2.00 bits per heavy atom. The van der Waals surface area contributed by atoms with Crippen molar-refractivity contribution in [3.8, 4) is 0 Å². The molecule has 1 aliphatic rings. The SMILES string of the molecule is CCC(C)N1CC(C)CC(NCC(F)(F)F)C1. The van der Waals surface area contributed by atoms with Gasteiger partial charge in [-0.2, -0.15) is 13.2 Å². The molecule has 0 saturated carbocycles. The first-order chi connectivity index (χ1) is 7.81. The minimum absolute atomic E-state index is 0.0330.